The quantitative estimate of drug-likeness (QED) is 0.576. The van der Waals surface area contributed by atoms with Crippen molar-refractivity contribution < 1.29 is 27.6 Å². The molecular weight excluding hydrogens is 236 g/mol. The van der Waals surface area contributed by atoms with Crippen molar-refractivity contribution in [1.29, 1.82) is 0 Å². The number of hydrogen-bond donors (Lipinski definition) is 2. The first kappa shape index (κ1) is 12.6. The molecule has 0 aliphatic heterocycles. The Morgan fingerprint density at radius 3 is 2.25 bits per heavy atom. The minimum Gasteiger partial charge on any atom is -0.460 e. The fourth-order valence-corrected chi connectivity index (χ4v) is 1.46. The first-order valence-electron chi connectivity index (χ1n) is 4.30. The zero-order chi connectivity index (χ0) is 12.2. The van der Waals surface area contributed by atoms with Gasteiger partial charge in [-0.1, -0.05) is 0 Å². The van der Waals surface area contributed by atoms with Gasteiger partial charge >= 0.3 is 5.97 Å². The lowest BCUT2D eigenvalue weighted by Gasteiger charge is -2.03. The zero-order valence-electron chi connectivity index (χ0n) is 8.16. The Labute approximate surface area is 92.2 Å². The number of hydrogen-bond acceptors (Lipinski definition) is 5. The molecule has 1 rings (SSSR count). The first-order chi connectivity index (χ1) is 7.45. The van der Waals surface area contributed by atoms with E-state index in [0.717, 1.165) is 12.1 Å². The maximum atomic E-state index is 11.2. The number of carbonyl (C=O) groups excluding carboxylic acids is 1. The molecule has 0 aliphatic rings. The molecule has 16 heavy (non-hydrogen) atoms. The topological polar surface area (TPSA) is 101 Å². The number of esters is 1. The van der Waals surface area contributed by atoms with Crippen molar-refractivity contribution in [2.45, 2.75) is 4.90 Å². The fourth-order valence-electron chi connectivity index (χ4n) is 0.985. The molecule has 0 radical (unpaired) electrons. The molecule has 0 unspecified atom stereocenters. The highest BCUT2D eigenvalue weighted by Gasteiger charge is 2.11. The number of rotatable bonds is 4. The molecule has 0 saturated carbocycles. The van der Waals surface area contributed by atoms with Crippen LogP contribution >= 0.6 is 0 Å². The van der Waals surface area contributed by atoms with Crippen molar-refractivity contribution in [1.82, 2.24) is 0 Å². The van der Waals surface area contributed by atoms with Gasteiger partial charge in [-0.15, -0.1) is 0 Å². The summed E-state index contributed by atoms with van der Waals surface area (Å²) in [6.45, 7) is -0.409. The molecule has 7 heteroatoms. The lowest BCUT2D eigenvalue weighted by Crippen LogP contribution is -2.09. The molecule has 0 spiro atoms. The SMILES string of the molecule is O=C(OCCO)c1ccc(S(=O)(=O)O)cc1. The van der Waals surface area contributed by atoms with Gasteiger partial charge in [0.15, 0.2) is 0 Å². The predicted octanol–water partition coefficient (Wildman–Crippen LogP) is 0.0824. The second kappa shape index (κ2) is 5.06. The van der Waals surface area contributed by atoms with Gasteiger partial charge in [0.05, 0.1) is 17.1 Å². The van der Waals surface area contributed by atoms with Crippen molar-refractivity contribution >= 4 is 16.1 Å². The van der Waals surface area contributed by atoms with Crippen LogP contribution < -0.4 is 0 Å². The van der Waals surface area contributed by atoms with E-state index in [1.165, 1.54) is 12.1 Å². The van der Waals surface area contributed by atoms with Gasteiger partial charge in [0.1, 0.15) is 6.61 Å². The molecule has 88 valence electrons. The monoisotopic (exact) mass is 246 g/mol. The summed E-state index contributed by atoms with van der Waals surface area (Å²) in [6.07, 6.45) is 0. The van der Waals surface area contributed by atoms with Gasteiger partial charge in [-0.05, 0) is 24.3 Å². The predicted molar refractivity (Wildman–Crippen MR) is 53.6 cm³/mol. The van der Waals surface area contributed by atoms with E-state index < -0.39 is 16.1 Å². The Morgan fingerprint density at radius 1 is 1.25 bits per heavy atom. The summed E-state index contributed by atoms with van der Waals surface area (Å²) >= 11 is 0. The van der Waals surface area contributed by atoms with E-state index >= 15 is 0 Å². The van der Waals surface area contributed by atoms with E-state index in [9.17, 15) is 13.2 Å². The van der Waals surface area contributed by atoms with Crippen LogP contribution in [0.4, 0.5) is 0 Å². The van der Waals surface area contributed by atoms with Crippen LogP contribution in [0.5, 0.6) is 0 Å². The average Bonchev–Trinajstić information content (AvgIpc) is 2.25. The number of ether oxygens (including phenoxy) is 1. The number of aliphatic hydroxyl groups is 1. The highest BCUT2D eigenvalue weighted by Crippen LogP contribution is 2.10. The van der Waals surface area contributed by atoms with Crippen LogP contribution in [0.3, 0.4) is 0 Å². The van der Waals surface area contributed by atoms with E-state index in [4.69, 9.17) is 9.66 Å². The number of benzene rings is 1. The van der Waals surface area contributed by atoms with Crippen molar-refractivity contribution in [2.75, 3.05) is 13.2 Å². The Hall–Kier alpha value is -1.44. The van der Waals surface area contributed by atoms with Gasteiger partial charge in [-0.2, -0.15) is 8.42 Å². The minimum atomic E-state index is -4.25. The van der Waals surface area contributed by atoms with Gasteiger partial charge < -0.3 is 9.84 Å². The Bertz CT molecular complexity index is 461. The Balaban J connectivity index is 2.83. The van der Waals surface area contributed by atoms with E-state index in [0.29, 0.717) is 0 Å². The third-order valence-corrected chi connectivity index (χ3v) is 2.58. The lowest BCUT2D eigenvalue weighted by atomic mass is 10.2. The second-order valence-electron chi connectivity index (χ2n) is 2.86. The molecule has 0 saturated heterocycles. The van der Waals surface area contributed by atoms with Crippen LogP contribution in [0.1, 0.15) is 10.4 Å². The maximum absolute atomic E-state index is 11.2. The summed E-state index contributed by atoms with van der Waals surface area (Å²) in [6, 6.07) is 4.60. The van der Waals surface area contributed by atoms with Gasteiger partial charge in [-0.25, -0.2) is 4.79 Å². The van der Waals surface area contributed by atoms with Crippen molar-refractivity contribution in [3.63, 3.8) is 0 Å². The molecule has 0 aromatic heterocycles. The Kier molecular flexibility index (Phi) is 3.99. The molecule has 0 aliphatic carbocycles. The summed E-state index contributed by atoms with van der Waals surface area (Å²) in [7, 11) is -4.25. The standard InChI is InChI=1S/C9H10O6S/c10-5-6-15-9(11)7-1-3-8(4-2-7)16(12,13)14/h1-4,10H,5-6H2,(H,12,13,14). The second-order valence-corrected chi connectivity index (χ2v) is 4.28. The maximum Gasteiger partial charge on any atom is 0.338 e. The molecular formula is C9H10O6S. The molecule has 1 aromatic carbocycles. The molecule has 0 heterocycles. The molecule has 1 aromatic rings. The largest absolute Gasteiger partial charge is 0.460 e. The van der Waals surface area contributed by atoms with Crippen LogP contribution in [0, 0.1) is 0 Å². The summed E-state index contributed by atoms with van der Waals surface area (Å²) in [5.74, 6) is -0.670. The molecule has 0 amide bonds. The average molecular weight is 246 g/mol. The van der Waals surface area contributed by atoms with Gasteiger partial charge in [0.25, 0.3) is 10.1 Å². The molecule has 0 atom stereocenters. The van der Waals surface area contributed by atoms with Crippen molar-refractivity contribution in [3.8, 4) is 0 Å². The number of aliphatic hydroxyl groups excluding tert-OH is 1. The third-order valence-electron chi connectivity index (χ3n) is 1.71. The van der Waals surface area contributed by atoms with E-state index in [1.54, 1.807) is 0 Å². The smallest absolute Gasteiger partial charge is 0.338 e. The van der Waals surface area contributed by atoms with Crippen LogP contribution in [0.2, 0.25) is 0 Å². The highest BCUT2D eigenvalue weighted by molar-refractivity contribution is 7.85. The summed E-state index contributed by atoms with van der Waals surface area (Å²) in [5.41, 5.74) is 0.140. The summed E-state index contributed by atoms with van der Waals surface area (Å²) < 4.78 is 34.7. The van der Waals surface area contributed by atoms with Crippen LogP contribution in [0.15, 0.2) is 29.2 Å². The third kappa shape index (κ3) is 3.30. The fraction of sp³-hybridized carbons (Fsp3) is 0.222. The molecule has 0 bridgehead atoms. The van der Waals surface area contributed by atoms with Gasteiger partial charge in [0.2, 0.25) is 0 Å². The van der Waals surface area contributed by atoms with E-state index in [-0.39, 0.29) is 23.7 Å². The van der Waals surface area contributed by atoms with Gasteiger partial charge in [0, 0.05) is 0 Å². The van der Waals surface area contributed by atoms with E-state index in [1.807, 2.05) is 0 Å². The normalized spacial score (nSPS) is 11.1. The molecule has 0 fully saturated rings. The Morgan fingerprint density at radius 2 is 1.81 bits per heavy atom. The van der Waals surface area contributed by atoms with Crippen LogP contribution in [-0.2, 0) is 14.9 Å². The van der Waals surface area contributed by atoms with Gasteiger partial charge in [-0.3, -0.25) is 4.55 Å². The summed E-state index contributed by atoms with van der Waals surface area (Å²) in [5, 5.41) is 8.42. The van der Waals surface area contributed by atoms with Crippen molar-refractivity contribution in [3.05, 3.63) is 29.8 Å². The molecule has 2 N–H and O–H groups in total. The minimum absolute atomic E-state index is 0.126. The van der Waals surface area contributed by atoms with Crippen molar-refractivity contribution in [2.24, 2.45) is 0 Å². The lowest BCUT2D eigenvalue weighted by molar-refractivity contribution is 0.0433. The molecule has 6 nitrogen and oxygen atoms in total. The zero-order valence-corrected chi connectivity index (χ0v) is 8.98. The summed E-state index contributed by atoms with van der Waals surface area (Å²) in [4.78, 5) is 10.9. The number of carbonyl (C=O) groups is 1. The van der Waals surface area contributed by atoms with Crippen LogP contribution in [0.25, 0.3) is 0 Å². The highest BCUT2D eigenvalue weighted by atomic mass is 32.2. The first-order valence-corrected chi connectivity index (χ1v) is 5.74. The van der Waals surface area contributed by atoms with Crippen LogP contribution in [-0.4, -0.2) is 37.3 Å². The van der Waals surface area contributed by atoms with E-state index in [2.05, 4.69) is 4.74 Å².